The van der Waals surface area contributed by atoms with Crippen LogP contribution >= 0.6 is 0 Å². The van der Waals surface area contributed by atoms with Gasteiger partial charge in [0, 0.05) is 29.9 Å². The third-order valence-electron chi connectivity index (χ3n) is 5.34. The van der Waals surface area contributed by atoms with Crippen molar-refractivity contribution in [1.29, 1.82) is 0 Å². The molecule has 3 aromatic heterocycles. The van der Waals surface area contributed by atoms with Crippen LogP contribution in [0.3, 0.4) is 0 Å². The van der Waals surface area contributed by atoms with Gasteiger partial charge in [-0.15, -0.1) is 0 Å². The van der Waals surface area contributed by atoms with E-state index in [4.69, 9.17) is 4.74 Å². The molecule has 33 heavy (non-hydrogen) atoms. The van der Waals surface area contributed by atoms with Gasteiger partial charge in [0.25, 0.3) is 5.91 Å². The van der Waals surface area contributed by atoms with Crippen molar-refractivity contribution in [1.82, 2.24) is 29.7 Å². The van der Waals surface area contributed by atoms with Crippen molar-refractivity contribution >= 4 is 11.6 Å². The summed E-state index contributed by atoms with van der Waals surface area (Å²) in [4.78, 5) is 17.2. The molecule has 0 atom stereocenters. The summed E-state index contributed by atoms with van der Waals surface area (Å²) < 4.78 is 48.8. The lowest BCUT2D eigenvalue weighted by Crippen LogP contribution is -2.23. The van der Waals surface area contributed by atoms with Crippen molar-refractivity contribution in [2.75, 3.05) is 7.11 Å². The first-order chi connectivity index (χ1) is 15.7. The van der Waals surface area contributed by atoms with Crippen molar-refractivity contribution in [2.24, 2.45) is 0 Å². The van der Waals surface area contributed by atoms with Crippen LogP contribution in [0.4, 0.5) is 13.2 Å². The second-order valence-corrected chi connectivity index (χ2v) is 7.30. The number of ether oxygens (including phenoxy) is 1. The van der Waals surface area contributed by atoms with Crippen LogP contribution in [0.2, 0.25) is 0 Å². The third-order valence-corrected chi connectivity index (χ3v) is 5.34. The number of hydrogen-bond donors (Lipinski definition) is 1. The summed E-state index contributed by atoms with van der Waals surface area (Å²) in [5.74, 6) is -0.0249. The fraction of sp³-hybridized carbons (Fsp3) is 0.273. The Balaban J connectivity index is 1.72. The first kappa shape index (κ1) is 22.3. The normalized spacial score (nSPS) is 11.7. The maximum absolute atomic E-state index is 13.8. The van der Waals surface area contributed by atoms with Gasteiger partial charge in [-0.05, 0) is 44.2 Å². The Morgan fingerprint density at radius 3 is 2.48 bits per heavy atom. The highest BCUT2D eigenvalue weighted by molar-refractivity contribution is 5.99. The highest BCUT2D eigenvalue weighted by atomic mass is 19.4. The third kappa shape index (κ3) is 4.26. The highest BCUT2D eigenvalue weighted by Crippen LogP contribution is 2.33. The summed E-state index contributed by atoms with van der Waals surface area (Å²) in [5, 5.41) is 10.7. The molecule has 4 rings (SSSR count). The monoisotopic (exact) mass is 458 g/mol. The van der Waals surface area contributed by atoms with Crippen molar-refractivity contribution < 1.29 is 22.7 Å². The van der Waals surface area contributed by atoms with Gasteiger partial charge in [0.1, 0.15) is 11.3 Å². The number of hydrogen-bond acceptors (Lipinski definition) is 5. The van der Waals surface area contributed by atoms with E-state index in [0.717, 1.165) is 23.5 Å². The summed E-state index contributed by atoms with van der Waals surface area (Å²) in [6.45, 7) is 4.69. The summed E-state index contributed by atoms with van der Waals surface area (Å²) in [6, 6.07) is 7.35. The van der Waals surface area contributed by atoms with E-state index in [0.29, 0.717) is 22.4 Å². The summed E-state index contributed by atoms with van der Waals surface area (Å²) in [5.41, 5.74) is 0.940. The predicted octanol–water partition coefficient (Wildman–Crippen LogP) is 3.88. The lowest BCUT2D eigenvalue weighted by molar-refractivity contribution is -0.142. The predicted molar refractivity (Wildman–Crippen MR) is 114 cm³/mol. The number of fused-ring (bicyclic) bond motifs is 1. The standard InChI is InChI=1S/C22H21F3N6O2/c1-4-30-13(2)15(11-27-30)10-26-21(32)17-12-28-31-19(22(23,24)25)9-18(29-20(17)31)14-5-7-16(33-3)8-6-14/h5-9,11-12H,4,10H2,1-3H3,(H,26,32). The van der Waals surface area contributed by atoms with Crippen LogP contribution in [-0.4, -0.2) is 37.4 Å². The Kier molecular flexibility index (Phi) is 5.79. The zero-order valence-electron chi connectivity index (χ0n) is 18.1. The molecule has 1 amide bonds. The molecule has 0 aliphatic rings. The molecule has 0 fully saturated rings. The Hall–Kier alpha value is -3.89. The maximum atomic E-state index is 13.8. The van der Waals surface area contributed by atoms with E-state index >= 15 is 0 Å². The van der Waals surface area contributed by atoms with Crippen LogP contribution in [0.5, 0.6) is 5.75 Å². The van der Waals surface area contributed by atoms with Crippen molar-refractivity contribution in [2.45, 2.75) is 33.1 Å². The Morgan fingerprint density at radius 2 is 1.88 bits per heavy atom. The molecule has 11 heteroatoms. The molecule has 0 aliphatic carbocycles. The van der Waals surface area contributed by atoms with Gasteiger partial charge in [-0.2, -0.15) is 23.4 Å². The number of nitrogens with one attached hydrogen (secondary N) is 1. The quantitative estimate of drug-likeness (QED) is 0.474. The van der Waals surface area contributed by atoms with Crippen LogP contribution in [0.1, 0.15) is 34.2 Å². The topological polar surface area (TPSA) is 86.3 Å². The molecule has 0 bridgehead atoms. The number of aryl methyl sites for hydroxylation is 1. The van der Waals surface area contributed by atoms with E-state index in [1.165, 1.54) is 7.11 Å². The van der Waals surface area contributed by atoms with E-state index in [1.54, 1.807) is 35.1 Å². The second kappa shape index (κ2) is 8.57. The van der Waals surface area contributed by atoms with Crippen molar-refractivity contribution in [3.05, 3.63) is 65.2 Å². The number of rotatable bonds is 6. The molecule has 0 aliphatic heterocycles. The summed E-state index contributed by atoms with van der Waals surface area (Å²) in [6.07, 6.45) is -1.96. The van der Waals surface area contributed by atoms with Crippen LogP contribution in [0.15, 0.2) is 42.7 Å². The lowest BCUT2D eigenvalue weighted by Gasteiger charge is -2.12. The zero-order chi connectivity index (χ0) is 23.8. The molecule has 0 spiro atoms. The molecule has 0 saturated carbocycles. The summed E-state index contributed by atoms with van der Waals surface area (Å²) >= 11 is 0. The number of alkyl halides is 3. The van der Waals surface area contributed by atoms with Crippen molar-refractivity contribution in [3.63, 3.8) is 0 Å². The molecule has 3 heterocycles. The summed E-state index contributed by atoms with van der Waals surface area (Å²) in [7, 11) is 1.49. The highest BCUT2D eigenvalue weighted by Gasteiger charge is 2.36. The van der Waals surface area contributed by atoms with E-state index < -0.39 is 17.8 Å². The fourth-order valence-corrected chi connectivity index (χ4v) is 3.48. The van der Waals surface area contributed by atoms with E-state index in [1.807, 2.05) is 13.8 Å². The Bertz CT molecular complexity index is 1310. The molecule has 1 aromatic carbocycles. The van der Waals surface area contributed by atoms with Gasteiger partial charge in [0.05, 0.1) is 25.2 Å². The first-order valence-electron chi connectivity index (χ1n) is 10.1. The Morgan fingerprint density at radius 1 is 1.15 bits per heavy atom. The minimum Gasteiger partial charge on any atom is -0.497 e. The zero-order valence-corrected chi connectivity index (χ0v) is 18.1. The van der Waals surface area contributed by atoms with Gasteiger partial charge >= 0.3 is 6.18 Å². The second-order valence-electron chi connectivity index (χ2n) is 7.30. The molecule has 4 aromatic rings. The van der Waals surface area contributed by atoms with Gasteiger partial charge in [0.2, 0.25) is 0 Å². The molecule has 0 unspecified atom stereocenters. The first-order valence-corrected chi connectivity index (χ1v) is 10.1. The minimum atomic E-state index is -4.70. The van der Waals surface area contributed by atoms with Crippen LogP contribution < -0.4 is 10.1 Å². The smallest absolute Gasteiger partial charge is 0.433 e. The average molecular weight is 458 g/mol. The van der Waals surface area contributed by atoms with Gasteiger partial charge in [0.15, 0.2) is 11.3 Å². The SMILES string of the molecule is CCn1ncc(CNC(=O)c2cnn3c(C(F)(F)F)cc(-c4ccc(OC)cc4)nc23)c1C. The molecular formula is C22H21F3N6O2. The molecule has 1 N–H and O–H groups in total. The van der Waals surface area contributed by atoms with Gasteiger partial charge < -0.3 is 10.1 Å². The molecule has 0 saturated heterocycles. The largest absolute Gasteiger partial charge is 0.497 e. The Labute approximate surface area is 187 Å². The maximum Gasteiger partial charge on any atom is 0.433 e. The van der Waals surface area contributed by atoms with Crippen LogP contribution in [-0.2, 0) is 19.3 Å². The fourth-order valence-electron chi connectivity index (χ4n) is 3.48. The van der Waals surface area contributed by atoms with Gasteiger partial charge in [-0.1, -0.05) is 0 Å². The molecule has 0 radical (unpaired) electrons. The number of halogens is 3. The van der Waals surface area contributed by atoms with E-state index in [-0.39, 0.29) is 23.4 Å². The molecule has 8 nitrogen and oxygen atoms in total. The number of aromatic nitrogens is 5. The van der Waals surface area contributed by atoms with Crippen LogP contribution in [0, 0.1) is 6.92 Å². The van der Waals surface area contributed by atoms with Crippen LogP contribution in [0.25, 0.3) is 16.9 Å². The number of carbonyl (C=O) groups is 1. The number of nitrogens with zero attached hydrogens (tertiary/aromatic N) is 5. The average Bonchev–Trinajstić information content (AvgIpc) is 3.39. The number of benzene rings is 1. The minimum absolute atomic E-state index is 0.0589. The lowest BCUT2D eigenvalue weighted by atomic mass is 10.1. The van der Waals surface area contributed by atoms with Gasteiger partial charge in [-0.3, -0.25) is 9.48 Å². The molecular weight excluding hydrogens is 437 g/mol. The molecule has 172 valence electrons. The van der Waals surface area contributed by atoms with Crippen molar-refractivity contribution in [3.8, 4) is 17.0 Å². The van der Waals surface area contributed by atoms with E-state index in [2.05, 4.69) is 20.5 Å². The van der Waals surface area contributed by atoms with E-state index in [9.17, 15) is 18.0 Å². The number of amides is 1. The van der Waals surface area contributed by atoms with Gasteiger partial charge in [-0.25, -0.2) is 9.50 Å². The number of carbonyl (C=O) groups excluding carboxylic acids is 1. The number of methoxy groups -OCH3 is 1.